The van der Waals surface area contributed by atoms with Crippen molar-refractivity contribution >= 4 is 39.7 Å². The van der Waals surface area contributed by atoms with E-state index in [1.54, 1.807) is 24.3 Å². The summed E-state index contributed by atoms with van der Waals surface area (Å²) in [5.74, 6) is 0.397. The fourth-order valence-electron chi connectivity index (χ4n) is 2.30. The Labute approximate surface area is 171 Å². The van der Waals surface area contributed by atoms with Crippen LogP contribution in [0.3, 0.4) is 0 Å². The van der Waals surface area contributed by atoms with Crippen LogP contribution >= 0.6 is 27.5 Å². The van der Waals surface area contributed by atoms with Crippen molar-refractivity contribution in [1.82, 2.24) is 5.43 Å². The summed E-state index contributed by atoms with van der Waals surface area (Å²) < 4.78 is 11.5. The van der Waals surface area contributed by atoms with Gasteiger partial charge in [-0.1, -0.05) is 27.5 Å². The SMILES string of the molecule is CCOc1cc(Br)cc(/C=N/NC(=O)COc2cc(C)c(Cl)c(C)c2)c1O. The highest BCUT2D eigenvalue weighted by atomic mass is 79.9. The Morgan fingerprint density at radius 1 is 1.26 bits per heavy atom. The van der Waals surface area contributed by atoms with Gasteiger partial charge in [0.2, 0.25) is 0 Å². The van der Waals surface area contributed by atoms with Crippen LogP contribution in [0.25, 0.3) is 0 Å². The first-order valence-electron chi connectivity index (χ1n) is 8.18. The molecule has 8 heteroatoms. The van der Waals surface area contributed by atoms with Crippen LogP contribution in [0.5, 0.6) is 17.2 Å². The Morgan fingerprint density at radius 3 is 2.56 bits per heavy atom. The number of amides is 1. The minimum absolute atomic E-state index is 0.0542. The van der Waals surface area contributed by atoms with Gasteiger partial charge in [-0.2, -0.15) is 5.10 Å². The molecule has 0 heterocycles. The minimum Gasteiger partial charge on any atom is -0.504 e. The van der Waals surface area contributed by atoms with Crippen LogP contribution in [-0.2, 0) is 4.79 Å². The highest BCUT2D eigenvalue weighted by Crippen LogP contribution is 2.32. The molecule has 2 rings (SSSR count). The molecule has 144 valence electrons. The molecule has 0 unspecified atom stereocenters. The standard InChI is InChI=1S/C19H20BrClN2O4/c1-4-26-16-8-14(20)7-13(19(16)25)9-22-23-17(24)10-27-15-5-11(2)18(21)12(3)6-15/h5-9,25H,4,10H2,1-3H3,(H,23,24)/b22-9+. The molecular weight excluding hydrogens is 436 g/mol. The Kier molecular flexibility index (Phi) is 7.50. The van der Waals surface area contributed by atoms with Crippen molar-refractivity contribution in [2.45, 2.75) is 20.8 Å². The third-order valence-electron chi connectivity index (χ3n) is 3.54. The maximum Gasteiger partial charge on any atom is 0.277 e. The van der Waals surface area contributed by atoms with Gasteiger partial charge in [-0.05, 0) is 56.2 Å². The molecule has 1 amide bonds. The van der Waals surface area contributed by atoms with Gasteiger partial charge >= 0.3 is 0 Å². The Hall–Kier alpha value is -2.25. The second-order valence-electron chi connectivity index (χ2n) is 5.73. The van der Waals surface area contributed by atoms with E-state index in [0.717, 1.165) is 11.1 Å². The highest BCUT2D eigenvalue weighted by molar-refractivity contribution is 9.10. The number of ether oxygens (including phenoxy) is 2. The molecule has 0 bridgehead atoms. The van der Waals surface area contributed by atoms with Gasteiger partial charge in [0.15, 0.2) is 18.1 Å². The summed E-state index contributed by atoms with van der Waals surface area (Å²) in [6, 6.07) is 6.84. The van der Waals surface area contributed by atoms with Gasteiger partial charge in [0.05, 0.1) is 12.8 Å². The summed E-state index contributed by atoms with van der Waals surface area (Å²) in [6.45, 7) is 5.77. The smallest absolute Gasteiger partial charge is 0.277 e. The minimum atomic E-state index is -0.434. The maximum absolute atomic E-state index is 11.9. The summed E-state index contributed by atoms with van der Waals surface area (Å²) in [7, 11) is 0. The molecule has 27 heavy (non-hydrogen) atoms. The fourth-order valence-corrected chi connectivity index (χ4v) is 2.87. The van der Waals surface area contributed by atoms with Gasteiger partial charge in [0.25, 0.3) is 5.91 Å². The normalized spacial score (nSPS) is 10.9. The van der Waals surface area contributed by atoms with Crippen molar-refractivity contribution in [3.05, 3.63) is 50.5 Å². The Morgan fingerprint density at radius 2 is 1.93 bits per heavy atom. The molecule has 0 fully saturated rings. The van der Waals surface area contributed by atoms with E-state index >= 15 is 0 Å². The number of phenols is 1. The molecule has 2 N–H and O–H groups in total. The molecule has 0 aromatic heterocycles. The lowest BCUT2D eigenvalue weighted by atomic mass is 10.1. The van der Waals surface area contributed by atoms with Crippen LogP contribution in [0.1, 0.15) is 23.6 Å². The molecule has 0 aliphatic heterocycles. The first-order chi connectivity index (χ1) is 12.8. The Bertz CT molecular complexity index is 848. The topological polar surface area (TPSA) is 80.2 Å². The van der Waals surface area contributed by atoms with E-state index in [2.05, 4.69) is 26.5 Å². The lowest BCUT2D eigenvalue weighted by molar-refractivity contribution is -0.123. The van der Waals surface area contributed by atoms with Gasteiger partial charge in [0, 0.05) is 15.1 Å². The fraction of sp³-hybridized carbons (Fsp3) is 0.263. The quantitative estimate of drug-likeness (QED) is 0.480. The molecule has 0 spiro atoms. The van der Waals surface area contributed by atoms with Gasteiger partial charge in [-0.3, -0.25) is 4.79 Å². The number of aromatic hydroxyl groups is 1. The molecule has 0 aliphatic carbocycles. The van der Waals surface area contributed by atoms with E-state index in [0.29, 0.717) is 33.2 Å². The zero-order chi connectivity index (χ0) is 20.0. The monoisotopic (exact) mass is 454 g/mol. The van der Waals surface area contributed by atoms with Crippen LogP contribution < -0.4 is 14.9 Å². The molecule has 0 aliphatic rings. The molecule has 2 aromatic carbocycles. The predicted molar refractivity (Wildman–Crippen MR) is 109 cm³/mol. The number of hydrazone groups is 1. The average Bonchev–Trinajstić information content (AvgIpc) is 2.61. The van der Waals surface area contributed by atoms with Crippen LogP contribution in [0.4, 0.5) is 0 Å². The molecule has 2 aromatic rings. The predicted octanol–water partition coefficient (Wildman–Crippen LogP) is 4.35. The second kappa shape index (κ2) is 9.62. The van der Waals surface area contributed by atoms with Crippen LogP contribution in [0.15, 0.2) is 33.8 Å². The third-order valence-corrected chi connectivity index (χ3v) is 4.60. The van der Waals surface area contributed by atoms with Crippen molar-refractivity contribution in [3.8, 4) is 17.2 Å². The van der Waals surface area contributed by atoms with E-state index in [1.807, 2.05) is 20.8 Å². The van der Waals surface area contributed by atoms with Gasteiger partial charge < -0.3 is 14.6 Å². The number of hydrogen-bond acceptors (Lipinski definition) is 5. The van der Waals surface area contributed by atoms with Crippen LogP contribution in [-0.4, -0.2) is 30.4 Å². The second-order valence-corrected chi connectivity index (χ2v) is 7.02. The summed E-state index contributed by atoms with van der Waals surface area (Å²) >= 11 is 9.44. The van der Waals surface area contributed by atoms with Crippen molar-refractivity contribution in [2.24, 2.45) is 5.10 Å². The lowest BCUT2D eigenvalue weighted by Crippen LogP contribution is -2.24. The van der Waals surface area contributed by atoms with Crippen molar-refractivity contribution < 1.29 is 19.4 Å². The first-order valence-corrected chi connectivity index (χ1v) is 9.35. The average molecular weight is 456 g/mol. The lowest BCUT2D eigenvalue weighted by Gasteiger charge is -2.09. The number of carbonyl (C=O) groups is 1. The van der Waals surface area contributed by atoms with Crippen molar-refractivity contribution in [1.29, 1.82) is 0 Å². The third kappa shape index (κ3) is 5.87. The van der Waals surface area contributed by atoms with Gasteiger partial charge in [0.1, 0.15) is 5.75 Å². The zero-order valence-electron chi connectivity index (χ0n) is 15.2. The Balaban J connectivity index is 1.96. The van der Waals surface area contributed by atoms with E-state index in [1.165, 1.54) is 6.21 Å². The van der Waals surface area contributed by atoms with Crippen LogP contribution in [0, 0.1) is 13.8 Å². The number of benzene rings is 2. The number of rotatable bonds is 7. The number of hydrogen-bond donors (Lipinski definition) is 2. The molecular formula is C19H20BrClN2O4. The number of aryl methyl sites for hydroxylation is 2. The van der Waals surface area contributed by atoms with Gasteiger partial charge in [-0.15, -0.1) is 0 Å². The summed E-state index contributed by atoms with van der Waals surface area (Å²) in [6.07, 6.45) is 1.33. The summed E-state index contributed by atoms with van der Waals surface area (Å²) in [5.41, 5.74) is 4.50. The zero-order valence-corrected chi connectivity index (χ0v) is 17.5. The molecule has 0 radical (unpaired) electrons. The number of phenolic OH excluding ortho intramolecular Hbond substituents is 1. The number of halogens is 2. The van der Waals surface area contributed by atoms with Crippen LogP contribution in [0.2, 0.25) is 5.02 Å². The van der Waals surface area contributed by atoms with E-state index in [4.69, 9.17) is 21.1 Å². The van der Waals surface area contributed by atoms with E-state index in [-0.39, 0.29) is 12.4 Å². The number of nitrogens with zero attached hydrogens (tertiary/aromatic N) is 1. The molecule has 0 saturated carbocycles. The van der Waals surface area contributed by atoms with Crippen molar-refractivity contribution in [2.75, 3.05) is 13.2 Å². The van der Waals surface area contributed by atoms with Gasteiger partial charge in [-0.25, -0.2) is 5.43 Å². The summed E-state index contributed by atoms with van der Waals surface area (Å²) in [5, 5.41) is 14.7. The molecule has 0 atom stereocenters. The largest absolute Gasteiger partial charge is 0.504 e. The number of nitrogens with one attached hydrogen (secondary N) is 1. The molecule has 6 nitrogen and oxygen atoms in total. The maximum atomic E-state index is 11.9. The number of carbonyl (C=O) groups excluding carboxylic acids is 1. The summed E-state index contributed by atoms with van der Waals surface area (Å²) in [4.78, 5) is 11.9. The van der Waals surface area contributed by atoms with E-state index in [9.17, 15) is 9.90 Å². The van der Waals surface area contributed by atoms with E-state index < -0.39 is 5.91 Å². The molecule has 0 saturated heterocycles. The highest BCUT2D eigenvalue weighted by Gasteiger charge is 2.09. The first kappa shape index (κ1) is 21.1. The van der Waals surface area contributed by atoms with Crippen molar-refractivity contribution in [3.63, 3.8) is 0 Å².